The van der Waals surface area contributed by atoms with Gasteiger partial charge in [-0.1, -0.05) is 13.0 Å². The van der Waals surface area contributed by atoms with Crippen molar-refractivity contribution in [1.82, 2.24) is 9.62 Å². The summed E-state index contributed by atoms with van der Waals surface area (Å²) in [5, 5.41) is 6.15. The van der Waals surface area contributed by atoms with E-state index in [4.69, 9.17) is 0 Å². The average Bonchev–Trinajstić information content (AvgIpc) is 2.99. The second kappa shape index (κ2) is 7.82. The first-order valence-electron chi connectivity index (χ1n) is 7.82. The van der Waals surface area contributed by atoms with Crippen LogP contribution in [0, 0.1) is 6.92 Å². The summed E-state index contributed by atoms with van der Waals surface area (Å²) in [4.78, 5) is 12.8. The van der Waals surface area contributed by atoms with Gasteiger partial charge >= 0.3 is 0 Å². The molecule has 1 aliphatic rings. The molecule has 0 spiro atoms. The number of nitrogens with zero attached hydrogens (tertiary/aromatic N) is 1. The van der Waals surface area contributed by atoms with Gasteiger partial charge in [-0.2, -0.15) is 0 Å². The Balaban J connectivity index is 0.00000288. The fourth-order valence-electron chi connectivity index (χ4n) is 2.87. The summed E-state index contributed by atoms with van der Waals surface area (Å²) in [6, 6.07) is 4.98. The van der Waals surface area contributed by atoms with Gasteiger partial charge in [0.15, 0.2) is 0 Å². The van der Waals surface area contributed by atoms with Gasteiger partial charge in [0, 0.05) is 19.8 Å². The lowest BCUT2D eigenvalue weighted by molar-refractivity contribution is -0.122. The Labute approximate surface area is 150 Å². The molecule has 24 heavy (non-hydrogen) atoms. The van der Waals surface area contributed by atoms with Crippen LogP contribution < -0.4 is 10.6 Å². The van der Waals surface area contributed by atoms with Gasteiger partial charge < -0.3 is 10.6 Å². The fraction of sp³-hybridized carbons (Fsp3) is 0.562. The van der Waals surface area contributed by atoms with Gasteiger partial charge in [0.25, 0.3) is 0 Å². The molecule has 2 rings (SSSR count). The number of carbonyl (C=O) groups is 1. The predicted molar refractivity (Wildman–Crippen MR) is 98.2 cm³/mol. The van der Waals surface area contributed by atoms with E-state index in [0.717, 1.165) is 19.4 Å². The van der Waals surface area contributed by atoms with Crippen LogP contribution in [0.3, 0.4) is 0 Å². The van der Waals surface area contributed by atoms with E-state index in [9.17, 15) is 13.2 Å². The zero-order valence-corrected chi connectivity index (χ0v) is 16.2. The molecule has 1 aromatic rings. The number of carbonyl (C=O) groups excluding carboxylic acids is 1. The largest absolute Gasteiger partial charge is 0.324 e. The topological polar surface area (TPSA) is 78.5 Å². The van der Waals surface area contributed by atoms with Crippen molar-refractivity contribution in [1.29, 1.82) is 0 Å². The van der Waals surface area contributed by atoms with Gasteiger partial charge in [-0.3, -0.25) is 4.79 Å². The van der Waals surface area contributed by atoms with Crippen molar-refractivity contribution in [3.05, 3.63) is 23.8 Å². The van der Waals surface area contributed by atoms with E-state index < -0.39 is 15.6 Å². The average molecular weight is 376 g/mol. The molecule has 2 N–H and O–H groups in total. The number of amides is 1. The van der Waals surface area contributed by atoms with E-state index in [1.165, 1.54) is 24.5 Å². The van der Waals surface area contributed by atoms with E-state index in [1.807, 2.05) is 6.92 Å². The standard InChI is InChI=1S/C16H25N3O3S.ClH/c1-5-16(9-6-10-17-16)15(20)18-13-8-7-12(2)14(11-13)23(21,22)19(3)4;/h7-8,11,17H,5-6,9-10H2,1-4H3,(H,18,20);1H. The smallest absolute Gasteiger partial charge is 0.244 e. The summed E-state index contributed by atoms with van der Waals surface area (Å²) in [6.07, 6.45) is 2.47. The van der Waals surface area contributed by atoms with Crippen LogP contribution in [0.1, 0.15) is 31.7 Å². The Hall–Kier alpha value is -1.15. The molecule has 0 aromatic heterocycles. The highest BCUT2D eigenvalue weighted by Crippen LogP contribution is 2.27. The van der Waals surface area contributed by atoms with E-state index in [1.54, 1.807) is 19.1 Å². The molecule has 1 amide bonds. The van der Waals surface area contributed by atoms with Crippen LogP contribution in [-0.4, -0.2) is 44.8 Å². The lowest BCUT2D eigenvalue weighted by Crippen LogP contribution is -2.50. The quantitative estimate of drug-likeness (QED) is 0.826. The van der Waals surface area contributed by atoms with Crippen LogP contribution in [0.15, 0.2) is 23.1 Å². The predicted octanol–water partition coefficient (Wildman–Crippen LogP) is 2.14. The van der Waals surface area contributed by atoms with Crippen molar-refractivity contribution < 1.29 is 13.2 Å². The zero-order chi connectivity index (χ0) is 17.3. The lowest BCUT2D eigenvalue weighted by atomic mass is 9.93. The molecule has 8 heteroatoms. The van der Waals surface area contributed by atoms with Gasteiger partial charge in [0.1, 0.15) is 0 Å². The van der Waals surface area contributed by atoms with Crippen molar-refractivity contribution in [2.24, 2.45) is 0 Å². The first-order chi connectivity index (χ1) is 10.7. The summed E-state index contributed by atoms with van der Waals surface area (Å²) in [5.41, 5.74) is 0.606. The molecule has 0 bridgehead atoms. The third kappa shape index (κ3) is 3.91. The number of hydrogen-bond donors (Lipinski definition) is 2. The van der Waals surface area contributed by atoms with Crippen molar-refractivity contribution in [2.45, 2.75) is 43.5 Å². The number of sulfonamides is 1. The minimum atomic E-state index is -3.54. The van der Waals surface area contributed by atoms with Crippen LogP contribution >= 0.6 is 12.4 Å². The normalized spacial score (nSPS) is 20.7. The SMILES string of the molecule is CCC1(C(=O)Nc2ccc(C)c(S(=O)(=O)N(C)C)c2)CCCN1.Cl. The molecule has 1 atom stereocenters. The van der Waals surface area contributed by atoms with Crippen molar-refractivity contribution >= 4 is 34.0 Å². The maximum Gasteiger partial charge on any atom is 0.244 e. The van der Waals surface area contributed by atoms with Crippen molar-refractivity contribution in [3.63, 3.8) is 0 Å². The molecular formula is C16H26ClN3O3S. The first-order valence-corrected chi connectivity index (χ1v) is 9.26. The third-order valence-corrected chi connectivity index (χ3v) is 6.44. The summed E-state index contributed by atoms with van der Waals surface area (Å²) < 4.78 is 25.9. The van der Waals surface area contributed by atoms with E-state index in [-0.39, 0.29) is 23.2 Å². The Bertz CT molecular complexity index is 699. The molecule has 1 fully saturated rings. The summed E-state index contributed by atoms with van der Waals surface area (Å²) in [6.45, 7) is 4.55. The van der Waals surface area contributed by atoms with Crippen molar-refractivity contribution in [3.8, 4) is 0 Å². The highest BCUT2D eigenvalue weighted by atomic mass is 35.5. The minimum Gasteiger partial charge on any atom is -0.324 e. The number of rotatable bonds is 5. The van der Waals surface area contributed by atoms with E-state index in [0.29, 0.717) is 17.7 Å². The number of hydrogen-bond acceptors (Lipinski definition) is 4. The fourth-order valence-corrected chi connectivity index (χ4v) is 4.01. The second-order valence-electron chi connectivity index (χ2n) is 6.19. The van der Waals surface area contributed by atoms with Gasteiger partial charge in [0.05, 0.1) is 10.4 Å². The molecule has 1 aromatic carbocycles. The molecule has 0 saturated carbocycles. The first kappa shape index (κ1) is 20.9. The zero-order valence-electron chi connectivity index (χ0n) is 14.5. The monoisotopic (exact) mass is 375 g/mol. The number of anilines is 1. The summed E-state index contributed by atoms with van der Waals surface area (Å²) in [7, 11) is -0.550. The molecule has 0 aliphatic carbocycles. The molecule has 136 valence electrons. The summed E-state index contributed by atoms with van der Waals surface area (Å²) in [5.74, 6) is -0.102. The van der Waals surface area contributed by atoms with Crippen LogP contribution in [0.4, 0.5) is 5.69 Å². The van der Waals surface area contributed by atoms with Gasteiger partial charge in [0.2, 0.25) is 15.9 Å². The highest BCUT2D eigenvalue weighted by molar-refractivity contribution is 7.89. The molecule has 6 nitrogen and oxygen atoms in total. The number of benzene rings is 1. The van der Waals surface area contributed by atoms with Gasteiger partial charge in [-0.05, 0) is 50.4 Å². The maximum atomic E-state index is 12.6. The lowest BCUT2D eigenvalue weighted by Gasteiger charge is -2.27. The molecule has 0 radical (unpaired) electrons. The highest BCUT2D eigenvalue weighted by Gasteiger charge is 2.39. The molecule has 1 saturated heterocycles. The van der Waals surface area contributed by atoms with Gasteiger partial charge in [-0.25, -0.2) is 12.7 Å². The van der Waals surface area contributed by atoms with Crippen molar-refractivity contribution in [2.75, 3.05) is 26.0 Å². The third-order valence-electron chi connectivity index (χ3n) is 4.49. The molecular weight excluding hydrogens is 350 g/mol. The van der Waals surface area contributed by atoms with Crippen LogP contribution in [-0.2, 0) is 14.8 Å². The number of aryl methyl sites for hydroxylation is 1. The second-order valence-corrected chi connectivity index (χ2v) is 8.31. The Kier molecular flexibility index (Phi) is 6.81. The molecule has 1 heterocycles. The molecule has 1 aliphatic heterocycles. The Morgan fingerprint density at radius 2 is 2.04 bits per heavy atom. The van der Waals surface area contributed by atoms with Gasteiger partial charge in [-0.15, -0.1) is 12.4 Å². The maximum absolute atomic E-state index is 12.6. The van der Waals surface area contributed by atoms with Crippen LogP contribution in [0.2, 0.25) is 0 Å². The summed E-state index contributed by atoms with van der Waals surface area (Å²) >= 11 is 0. The minimum absolute atomic E-state index is 0. The number of nitrogens with one attached hydrogen (secondary N) is 2. The Morgan fingerprint density at radius 3 is 2.54 bits per heavy atom. The van der Waals surface area contributed by atoms with E-state index >= 15 is 0 Å². The van der Waals surface area contributed by atoms with Crippen LogP contribution in [0.5, 0.6) is 0 Å². The van der Waals surface area contributed by atoms with E-state index in [2.05, 4.69) is 10.6 Å². The van der Waals surface area contributed by atoms with Crippen LogP contribution in [0.25, 0.3) is 0 Å². The Morgan fingerprint density at radius 1 is 1.38 bits per heavy atom. The molecule has 1 unspecified atom stereocenters. The number of halogens is 1.